The minimum Gasteiger partial charge on any atom is -0.491 e. The number of oxazole rings is 1. The number of rotatable bonds is 11. The van der Waals surface area contributed by atoms with Gasteiger partial charge in [0.05, 0.1) is 35.4 Å². The number of carbonyl (C=O) groups excluding carboxylic acids is 3. The molecule has 3 unspecified atom stereocenters. The molecule has 0 radical (unpaired) electrons. The molecule has 0 bridgehead atoms. The van der Waals surface area contributed by atoms with E-state index in [9.17, 15) is 37.5 Å². The van der Waals surface area contributed by atoms with Gasteiger partial charge in [0, 0.05) is 11.0 Å². The molecule has 47 heavy (non-hydrogen) atoms. The minimum absolute atomic E-state index is 0.186. The number of fused-ring (bicyclic) bond motifs is 1. The van der Waals surface area contributed by atoms with Gasteiger partial charge in [-0.05, 0) is 48.7 Å². The summed E-state index contributed by atoms with van der Waals surface area (Å²) >= 11 is 2.98. The Hall–Kier alpha value is -4.86. The molecule has 1 aliphatic heterocycles. The lowest BCUT2D eigenvalue weighted by Crippen LogP contribution is -2.57. The normalized spacial score (nSPS) is 21.8. The van der Waals surface area contributed by atoms with Crippen LogP contribution in [0.15, 0.2) is 87.6 Å². The monoisotopic (exact) mass is 723 g/mol. The van der Waals surface area contributed by atoms with E-state index in [0.29, 0.717) is 24.3 Å². The van der Waals surface area contributed by atoms with Crippen LogP contribution < -0.4 is 5.73 Å². The van der Waals surface area contributed by atoms with Crippen molar-refractivity contribution >= 4 is 39.6 Å². The highest BCUT2D eigenvalue weighted by atomic mass is 79.9. The average molecular weight is 724 g/mol. The van der Waals surface area contributed by atoms with Gasteiger partial charge in [-0.3, -0.25) is 24.1 Å². The largest absolute Gasteiger partial charge is 0.491 e. The lowest BCUT2D eigenvalue weighted by molar-refractivity contribution is -0.142. The maximum atomic E-state index is 17.4. The average Bonchev–Trinajstić information content (AvgIpc) is 3.64. The number of hydrogen-bond donors (Lipinski definition) is 2. The number of nitrogens with zero attached hydrogens (tertiary/aromatic N) is 2. The van der Waals surface area contributed by atoms with Gasteiger partial charge in [0.2, 0.25) is 17.2 Å². The van der Waals surface area contributed by atoms with Crippen molar-refractivity contribution in [3.05, 3.63) is 111 Å². The molecule has 2 aliphatic rings. The van der Waals surface area contributed by atoms with Crippen LogP contribution in [0.4, 0.5) is 22.0 Å². The third-order valence-electron chi connectivity index (χ3n) is 8.03. The molecule has 1 aliphatic carbocycles. The van der Waals surface area contributed by atoms with E-state index in [4.69, 9.17) is 14.9 Å². The van der Waals surface area contributed by atoms with Crippen LogP contribution in [-0.2, 0) is 31.6 Å². The number of carbonyl (C=O) groups is 4. The van der Waals surface area contributed by atoms with Gasteiger partial charge in [-0.2, -0.15) is 13.2 Å². The number of aliphatic carboxylic acids is 1. The van der Waals surface area contributed by atoms with E-state index in [1.54, 1.807) is 12.1 Å². The van der Waals surface area contributed by atoms with Crippen molar-refractivity contribution in [1.82, 2.24) is 9.88 Å². The summed E-state index contributed by atoms with van der Waals surface area (Å²) < 4.78 is 83.6. The molecular weight excluding hydrogens is 701 g/mol. The summed E-state index contributed by atoms with van der Waals surface area (Å²) in [6.45, 7) is -0.753. The number of hydrogen-bond acceptors (Lipinski definition) is 7. The molecule has 2 heterocycles. The van der Waals surface area contributed by atoms with Gasteiger partial charge in [-0.15, -0.1) is 0 Å². The van der Waals surface area contributed by atoms with Gasteiger partial charge in [0.15, 0.2) is 17.3 Å². The molecule has 0 saturated carbocycles. The summed E-state index contributed by atoms with van der Waals surface area (Å²) in [6.07, 6.45) is -2.59. The number of aromatic nitrogens is 1. The van der Waals surface area contributed by atoms with E-state index >= 15 is 8.78 Å². The van der Waals surface area contributed by atoms with Crippen LogP contribution in [0.3, 0.4) is 0 Å². The number of benzene rings is 2. The van der Waals surface area contributed by atoms with Crippen molar-refractivity contribution in [2.45, 2.75) is 30.1 Å². The third-order valence-corrected chi connectivity index (χ3v) is 8.81. The van der Waals surface area contributed by atoms with Crippen LogP contribution in [-0.4, -0.2) is 51.8 Å². The summed E-state index contributed by atoms with van der Waals surface area (Å²) in [4.78, 5) is 55.1. The molecule has 3 N–H and O–H groups in total. The second-order valence-corrected chi connectivity index (χ2v) is 11.5. The molecule has 3 atom stereocenters. The molecule has 0 saturated heterocycles. The molecule has 0 spiro atoms. The number of halogens is 6. The Morgan fingerprint density at radius 1 is 1.06 bits per heavy atom. The molecule has 2 aromatic carbocycles. The molecule has 10 nitrogen and oxygen atoms in total. The Bertz CT molecular complexity index is 1780. The zero-order valence-corrected chi connectivity index (χ0v) is 25.5. The van der Waals surface area contributed by atoms with Crippen LogP contribution in [0, 0.1) is 5.92 Å². The second kappa shape index (κ2) is 12.4. The number of imide groups is 1. The Morgan fingerprint density at radius 2 is 1.68 bits per heavy atom. The van der Waals surface area contributed by atoms with Crippen molar-refractivity contribution < 1.29 is 55.4 Å². The van der Waals surface area contributed by atoms with Gasteiger partial charge in [-0.1, -0.05) is 40.2 Å². The van der Waals surface area contributed by atoms with Gasteiger partial charge in [-0.25, -0.2) is 13.8 Å². The fourth-order valence-electron chi connectivity index (χ4n) is 5.60. The predicted octanol–water partition coefficient (Wildman–Crippen LogP) is 5.55. The Labute approximate surface area is 270 Å². The van der Waals surface area contributed by atoms with Crippen molar-refractivity contribution in [2.75, 3.05) is 13.2 Å². The SMILES string of the molecule is NC(=O)C1(c2ncco2)C(F)=C(OCCC(CCN2C(=O)c3ccccc3C2=O)C(=O)O)C=C(Br)C1(F)c1ccc(C(F)(F)F)cc1. The number of primary amides is 1. The summed E-state index contributed by atoms with van der Waals surface area (Å²) in [5.41, 5.74) is -2.32. The number of nitrogens with two attached hydrogens (primary N) is 1. The molecule has 246 valence electrons. The fraction of sp³-hybridized carbons (Fsp3) is 0.258. The number of carboxylic acid groups (broad SMARTS) is 1. The zero-order valence-electron chi connectivity index (χ0n) is 23.9. The van der Waals surface area contributed by atoms with Crippen LogP contribution in [0.1, 0.15) is 50.6 Å². The van der Waals surface area contributed by atoms with Gasteiger partial charge >= 0.3 is 12.1 Å². The Kier molecular flexibility index (Phi) is 8.83. The van der Waals surface area contributed by atoms with Crippen LogP contribution in [0.5, 0.6) is 0 Å². The maximum Gasteiger partial charge on any atom is 0.416 e. The highest BCUT2D eigenvalue weighted by Gasteiger charge is 2.69. The van der Waals surface area contributed by atoms with Crippen LogP contribution >= 0.6 is 15.9 Å². The number of alkyl halides is 4. The summed E-state index contributed by atoms with van der Waals surface area (Å²) in [6, 6.07) is 8.63. The summed E-state index contributed by atoms with van der Waals surface area (Å²) in [7, 11) is 0. The van der Waals surface area contributed by atoms with Crippen LogP contribution in [0.25, 0.3) is 0 Å². The van der Waals surface area contributed by atoms with Gasteiger partial charge in [0.25, 0.3) is 11.8 Å². The van der Waals surface area contributed by atoms with Gasteiger partial charge < -0.3 is 20.0 Å². The predicted molar refractivity (Wildman–Crippen MR) is 155 cm³/mol. The first-order valence-corrected chi connectivity index (χ1v) is 14.6. The Balaban J connectivity index is 1.41. The van der Waals surface area contributed by atoms with E-state index in [2.05, 4.69) is 20.9 Å². The topological polar surface area (TPSA) is 153 Å². The third kappa shape index (κ3) is 5.49. The van der Waals surface area contributed by atoms with Crippen molar-refractivity contribution in [2.24, 2.45) is 11.7 Å². The van der Waals surface area contributed by atoms with E-state index in [-0.39, 0.29) is 30.5 Å². The lowest BCUT2D eigenvalue weighted by atomic mass is 9.65. The van der Waals surface area contributed by atoms with Crippen molar-refractivity contribution in [3.63, 3.8) is 0 Å². The van der Waals surface area contributed by atoms with E-state index in [0.717, 1.165) is 23.4 Å². The summed E-state index contributed by atoms with van der Waals surface area (Å²) in [5, 5.41) is 9.78. The second-order valence-electron chi connectivity index (χ2n) is 10.6. The van der Waals surface area contributed by atoms with E-state index in [1.165, 1.54) is 12.1 Å². The standard InChI is InChI=1S/C31H23BrF5N3O7/c32-22-15-21(46-13-10-16(26(43)44)9-12-40-24(41)19-3-1-2-4-20(19)25(40)42)23(33)29(27(38)45,28-39-11-14-47-28)30(22,34)17-5-7-18(8-6-17)31(35,36)37/h1-8,11,14-16H,9-10,12-13H2,(H2,38,45)(H,43,44). The quantitative estimate of drug-likeness (QED) is 0.193. The van der Waals surface area contributed by atoms with E-state index < -0.39 is 86.6 Å². The molecule has 3 amide bonds. The Morgan fingerprint density at radius 3 is 2.19 bits per heavy atom. The molecule has 3 aromatic rings. The first-order chi connectivity index (χ1) is 22.1. The number of ether oxygens (including phenoxy) is 1. The number of amides is 3. The first kappa shape index (κ1) is 33.5. The first-order valence-electron chi connectivity index (χ1n) is 13.8. The number of allylic oxidation sites excluding steroid dienone is 2. The zero-order chi connectivity index (χ0) is 34.3. The maximum absolute atomic E-state index is 17.4. The molecule has 1 aromatic heterocycles. The van der Waals surface area contributed by atoms with E-state index in [1.807, 2.05) is 0 Å². The lowest BCUT2D eigenvalue weighted by Gasteiger charge is -2.42. The van der Waals surface area contributed by atoms with Crippen molar-refractivity contribution in [1.29, 1.82) is 0 Å². The van der Waals surface area contributed by atoms with Gasteiger partial charge in [0.1, 0.15) is 6.26 Å². The molecule has 0 fully saturated rings. The minimum atomic E-state index is -4.78. The molecule has 5 rings (SSSR count). The highest BCUT2D eigenvalue weighted by molar-refractivity contribution is 9.11. The molecular formula is C31H23BrF5N3O7. The number of carboxylic acids is 1. The summed E-state index contributed by atoms with van der Waals surface area (Å²) in [5.74, 6) is -8.61. The highest BCUT2D eigenvalue weighted by Crippen LogP contribution is 2.59. The fourth-order valence-corrected chi connectivity index (χ4v) is 6.34. The van der Waals surface area contributed by atoms with Crippen molar-refractivity contribution in [3.8, 4) is 0 Å². The molecule has 16 heteroatoms. The van der Waals surface area contributed by atoms with Crippen LogP contribution in [0.2, 0.25) is 0 Å². The smallest absolute Gasteiger partial charge is 0.416 e.